The Balaban J connectivity index is 1.62. The highest BCUT2D eigenvalue weighted by Crippen LogP contribution is 2.19. The smallest absolute Gasteiger partial charge is 0.220 e. The molecule has 1 aromatic heterocycles. The largest absolute Gasteiger partial charge is 0.384 e. The van der Waals surface area contributed by atoms with Crippen LogP contribution in [0.2, 0.25) is 5.02 Å². The van der Waals surface area contributed by atoms with Crippen molar-refractivity contribution in [2.75, 3.05) is 11.9 Å². The summed E-state index contributed by atoms with van der Waals surface area (Å²) in [6.07, 6.45) is 6.92. The summed E-state index contributed by atoms with van der Waals surface area (Å²) in [4.78, 5) is 15.3. The van der Waals surface area contributed by atoms with Gasteiger partial charge in [0.15, 0.2) is 0 Å². The Hall–Kier alpha value is -1.29. The van der Waals surface area contributed by atoms with Gasteiger partial charge in [-0.05, 0) is 25.3 Å². The molecule has 2 N–H and O–H groups in total. The lowest BCUT2D eigenvalue weighted by molar-refractivity contribution is -0.121. The van der Waals surface area contributed by atoms with Gasteiger partial charge in [-0.3, -0.25) is 9.78 Å². The Bertz CT molecular complexity index is 393. The normalized spacial score (nSPS) is 14.4. The molecule has 0 aromatic carbocycles. The molecule has 2 rings (SSSR count). The van der Waals surface area contributed by atoms with Crippen LogP contribution in [0.15, 0.2) is 18.5 Å². The molecule has 1 aliphatic carbocycles. The zero-order valence-electron chi connectivity index (χ0n) is 9.58. The molecular weight excluding hydrogens is 238 g/mol. The van der Waals surface area contributed by atoms with Crippen LogP contribution >= 0.6 is 11.6 Å². The van der Waals surface area contributed by atoms with Gasteiger partial charge in [0.2, 0.25) is 5.91 Å². The van der Waals surface area contributed by atoms with Crippen LogP contribution < -0.4 is 10.6 Å². The molecule has 17 heavy (non-hydrogen) atoms. The van der Waals surface area contributed by atoms with Crippen LogP contribution in [-0.2, 0) is 4.79 Å². The van der Waals surface area contributed by atoms with Gasteiger partial charge in [-0.1, -0.05) is 11.6 Å². The molecular formula is C12H16ClN3O. The third kappa shape index (κ3) is 4.23. The van der Waals surface area contributed by atoms with Gasteiger partial charge in [0.05, 0.1) is 10.7 Å². The minimum atomic E-state index is 0.148. The Morgan fingerprint density at radius 1 is 1.53 bits per heavy atom. The van der Waals surface area contributed by atoms with Crippen LogP contribution in [-0.4, -0.2) is 23.5 Å². The van der Waals surface area contributed by atoms with Crippen LogP contribution in [0, 0.1) is 0 Å². The second-order valence-corrected chi connectivity index (χ2v) is 4.63. The average molecular weight is 254 g/mol. The maximum absolute atomic E-state index is 11.4. The van der Waals surface area contributed by atoms with Gasteiger partial charge in [-0.15, -0.1) is 0 Å². The minimum Gasteiger partial charge on any atom is -0.384 e. The van der Waals surface area contributed by atoms with E-state index in [0.717, 1.165) is 31.5 Å². The SMILES string of the molecule is O=C(CCCNc1ccncc1Cl)NC1CC1. The standard InChI is InChI=1S/C12H16ClN3O/c13-10-8-14-7-5-11(10)15-6-1-2-12(17)16-9-3-4-9/h5,7-9H,1-4,6H2,(H,14,15)(H,16,17). The van der Waals surface area contributed by atoms with E-state index in [9.17, 15) is 4.79 Å². The molecule has 1 saturated carbocycles. The van der Waals surface area contributed by atoms with Gasteiger partial charge in [0.25, 0.3) is 0 Å². The lowest BCUT2D eigenvalue weighted by Gasteiger charge is -2.07. The lowest BCUT2D eigenvalue weighted by atomic mass is 10.3. The van der Waals surface area contributed by atoms with Crippen molar-refractivity contribution in [3.8, 4) is 0 Å². The molecule has 92 valence electrons. The van der Waals surface area contributed by atoms with Crippen molar-refractivity contribution in [3.63, 3.8) is 0 Å². The monoisotopic (exact) mass is 253 g/mol. The van der Waals surface area contributed by atoms with E-state index in [0.29, 0.717) is 17.5 Å². The fourth-order valence-corrected chi connectivity index (χ4v) is 1.70. The number of nitrogens with zero attached hydrogens (tertiary/aromatic N) is 1. The van der Waals surface area contributed by atoms with Gasteiger partial charge in [0.1, 0.15) is 0 Å². The maximum Gasteiger partial charge on any atom is 0.220 e. The molecule has 5 heteroatoms. The summed E-state index contributed by atoms with van der Waals surface area (Å²) in [5.41, 5.74) is 0.865. The molecule has 0 atom stereocenters. The summed E-state index contributed by atoms with van der Waals surface area (Å²) >= 11 is 5.94. The number of halogens is 1. The van der Waals surface area contributed by atoms with Crippen molar-refractivity contribution in [1.29, 1.82) is 0 Å². The first kappa shape index (κ1) is 12.2. The summed E-state index contributed by atoms with van der Waals surface area (Å²) in [6, 6.07) is 2.28. The quantitative estimate of drug-likeness (QED) is 0.765. The maximum atomic E-state index is 11.4. The molecule has 4 nitrogen and oxygen atoms in total. The lowest BCUT2D eigenvalue weighted by Crippen LogP contribution is -2.25. The third-order valence-electron chi connectivity index (χ3n) is 2.61. The number of hydrogen-bond donors (Lipinski definition) is 2. The van der Waals surface area contributed by atoms with E-state index >= 15 is 0 Å². The molecule has 0 radical (unpaired) electrons. The molecule has 0 bridgehead atoms. The summed E-state index contributed by atoms with van der Waals surface area (Å²) in [5.74, 6) is 0.148. The Morgan fingerprint density at radius 2 is 2.35 bits per heavy atom. The first-order chi connectivity index (χ1) is 8.25. The summed E-state index contributed by atoms with van der Waals surface area (Å²) < 4.78 is 0. The topological polar surface area (TPSA) is 54.0 Å². The van der Waals surface area contributed by atoms with Gasteiger partial charge >= 0.3 is 0 Å². The number of hydrogen-bond acceptors (Lipinski definition) is 3. The highest BCUT2D eigenvalue weighted by atomic mass is 35.5. The highest BCUT2D eigenvalue weighted by Gasteiger charge is 2.22. The number of aromatic nitrogens is 1. The molecule has 0 saturated heterocycles. The molecule has 1 heterocycles. The van der Waals surface area contributed by atoms with Crippen LogP contribution in [0.25, 0.3) is 0 Å². The zero-order valence-corrected chi connectivity index (χ0v) is 10.3. The van der Waals surface area contributed by atoms with Crippen molar-refractivity contribution >= 4 is 23.2 Å². The van der Waals surface area contributed by atoms with Crippen LogP contribution in [0.3, 0.4) is 0 Å². The molecule has 0 aliphatic heterocycles. The van der Waals surface area contributed by atoms with E-state index in [2.05, 4.69) is 15.6 Å². The number of anilines is 1. The number of rotatable bonds is 6. The van der Waals surface area contributed by atoms with Crippen molar-refractivity contribution in [2.45, 2.75) is 31.7 Å². The van der Waals surface area contributed by atoms with Crippen molar-refractivity contribution in [1.82, 2.24) is 10.3 Å². The number of nitrogens with one attached hydrogen (secondary N) is 2. The van der Waals surface area contributed by atoms with Gasteiger partial charge < -0.3 is 10.6 Å². The first-order valence-corrected chi connectivity index (χ1v) is 6.26. The second-order valence-electron chi connectivity index (χ2n) is 4.23. The molecule has 1 aliphatic rings. The number of amides is 1. The fraction of sp³-hybridized carbons (Fsp3) is 0.500. The molecule has 0 unspecified atom stereocenters. The Labute approximate surface area is 106 Å². The average Bonchev–Trinajstić information content (AvgIpc) is 3.10. The van der Waals surface area contributed by atoms with E-state index in [1.165, 1.54) is 0 Å². The van der Waals surface area contributed by atoms with Crippen molar-refractivity contribution < 1.29 is 4.79 Å². The molecule has 1 amide bonds. The highest BCUT2D eigenvalue weighted by molar-refractivity contribution is 6.33. The molecule has 1 fully saturated rings. The Kier molecular flexibility index (Phi) is 4.20. The minimum absolute atomic E-state index is 0.148. The molecule has 1 aromatic rings. The number of pyridine rings is 1. The third-order valence-corrected chi connectivity index (χ3v) is 2.91. The predicted molar refractivity (Wildman–Crippen MR) is 68.1 cm³/mol. The fourth-order valence-electron chi connectivity index (χ4n) is 1.52. The second kappa shape index (κ2) is 5.87. The predicted octanol–water partition coefficient (Wildman–Crippen LogP) is 2.21. The van der Waals surface area contributed by atoms with Crippen molar-refractivity contribution in [2.24, 2.45) is 0 Å². The number of carbonyl (C=O) groups is 1. The van der Waals surface area contributed by atoms with Crippen molar-refractivity contribution in [3.05, 3.63) is 23.5 Å². The summed E-state index contributed by atoms with van der Waals surface area (Å²) in [7, 11) is 0. The van der Waals surface area contributed by atoms with Gasteiger partial charge in [0, 0.05) is 31.4 Å². The summed E-state index contributed by atoms with van der Waals surface area (Å²) in [5, 5.41) is 6.75. The Morgan fingerprint density at radius 3 is 3.06 bits per heavy atom. The van der Waals surface area contributed by atoms with E-state index in [1.807, 2.05) is 6.07 Å². The van der Waals surface area contributed by atoms with E-state index in [4.69, 9.17) is 11.6 Å². The van der Waals surface area contributed by atoms with Crippen LogP contribution in [0.5, 0.6) is 0 Å². The van der Waals surface area contributed by atoms with Crippen LogP contribution in [0.1, 0.15) is 25.7 Å². The molecule has 0 spiro atoms. The first-order valence-electron chi connectivity index (χ1n) is 5.88. The summed E-state index contributed by atoms with van der Waals surface area (Å²) in [6.45, 7) is 0.738. The van der Waals surface area contributed by atoms with Gasteiger partial charge in [-0.25, -0.2) is 0 Å². The van der Waals surface area contributed by atoms with Gasteiger partial charge in [-0.2, -0.15) is 0 Å². The zero-order chi connectivity index (χ0) is 12.1. The number of carbonyl (C=O) groups excluding carboxylic acids is 1. The van der Waals surface area contributed by atoms with Crippen LogP contribution in [0.4, 0.5) is 5.69 Å². The van der Waals surface area contributed by atoms with E-state index in [1.54, 1.807) is 12.4 Å². The van der Waals surface area contributed by atoms with E-state index < -0.39 is 0 Å². The van der Waals surface area contributed by atoms with E-state index in [-0.39, 0.29) is 5.91 Å².